The first kappa shape index (κ1) is 12.9. The normalized spacial score (nSPS) is 44.7. The highest BCUT2D eigenvalue weighted by Gasteiger charge is 2.45. The lowest BCUT2D eigenvalue weighted by molar-refractivity contribution is 0.00698. The van der Waals surface area contributed by atoms with Crippen LogP contribution < -0.4 is 5.32 Å². The maximum absolute atomic E-state index is 9.87. The van der Waals surface area contributed by atoms with E-state index in [0.717, 1.165) is 39.1 Å². The van der Waals surface area contributed by atoms with Gasteiger partial charge in [0.25, 0.3) is 0 Å². The van der Waals surface area contributed by atoms with Crippen LogP contribution in [0.1, 0.15) is 32.1 Å². The van der Waals surface area contributed by atoms with Crippen LogP contribution in [0, 0.1) is 5.41 Å². The van der Waals surface area contributed by atoms with E-state index in [0.29, 0.717) is 17.5 Å². The number of aliphatic hydroxyl groups is 1. The molecule has 2 bridgehead atoms. The van der Waals surface area contributed by atoms with Crippen molar-refractivity contribution >= 4 is 0 Å². The molecule has 0 aromatic carbocycles. The molecule has 2 N–H and O–H groups in total. The van der Waals surface area contributed by atoms with Crippen LogP contribution in [0.15, 0.2) is 0 Å². The van der Waals surface area contributed by atoms with Gasteiger partial charge in [-0.2, -0.15) is 0 Å². The molecule has 0 spiro atoms. The van der Waals surface area contributed by atoms with E-state index in [-0.39, 0.29) is 6.10 Å². The van der Waals surface area contributed by atoms with Crippen LogP contribution in [-0.2, 0) is 4.74 Å². The summed E-state index contributed by atoms with van der Waals surface area (Å²) in [6.07, 6.45) is 5.63. The molecule has 4 nitrogen and oxygen atoms in total. The zero-order valence-electron chi connectivity index (χ0n) is 11.4. The fourth-order valence-electron chi connectivity index (χ4n) is 4.24. The monoisotopic (exact) mass is 254 g/mol. The lowest BCUT2D eigenvalue weighted by atomic mass is 9.84. The molecule has 0 radical (unpaired) electrons. The smallest absolute Gasteiger partial charge is 0.0570 e. The highest BCUT2D eigenvalue weighted by Crippen LogP contribution is 2.39. The lowest BCUT2D eigenvalue weighted by Crippen LogP contribution is -2.52. The van der Waals surface area contributed by atoms with E-state index < -0.39 is 0 Å². The fourth-order valence-corrected chi connectivity index (χ4v) is 4.24. The van der Waals surface area contributed by atoms with E-state index in [9.17, 15) is 5.11 Å². The van der Waals surface area contributed by atoms with Crippen molar-refractivity contribution < 1.29 is 9.84 Å². The number of nitrogens with zero attached hydrogens (tertiary/aromatic N) is 1. The van der Waals surface area contributed by atoms with Gasteiger partial charge in [-0.15, -0.1) is 0 Å². The summed E-state index contributed by atoms with van der Waals surface area (Å²) in [5.41, 5.74) is 0.303. The summed E-state index contributed by atoms with van der Waals surface area (Å²) in [5.74, 6) is 0. The fraction of sp³-hybridized carbons (Fsp3) is 1.00. The highest BCUT2D eigenvalue weighted by atomic mass is 16.5. The summed E-state index contributed by atoms with van der Waals surface area (Å²) in [6.45, 7) is 4.00. The van der Waals surface area contributed by atoms with Crippen molar-refractivity contribution in [2.45, 2.75) is 50.3 Å². The number of hydrogen-bond acceptors (Lipinski definition) is 4. The molecule has 0 amide bonds. The van der Waals surface area contributed by atoms with Crippen LogP contribution in [-0.4, -0.2) is 61.5 Å². The number of piperidine rings is 1. The number of nitrogens with one attached hydrogen (secondary N) is 1. The van der Waals surface area contributed by atoms with Gasteiger partial charge in [-0.3, -0.25) is 4.90 Å². The van der Waals surface area contributed by atoms with Crippen LogP contribution in [0.2, 0.25) is 0 Å². The quantitative estimate of drug-likeness (QED) is 0.771. The molecule has 3 atom stereocenters. The summed E-state index contributed by atoms with van der Waals surface area (Å²) < 4.78 is 5.65. The number of ether oxygens (including phenoxy) is 1. The Balaban J connectivity index is 1.68. The third-order valence-electron chi connectivity index (χ3n) is 5.11. The molecule has 0 aliphatic carbocycles. The van der Waals surface area contributed by atoms with E-state index in [2.05, 4.69) is 10.2 Å². The molecular formula is C14H26N2O2. The van der Waals surface area contributed by atoms with Gasteiger partial charge in [0.15, 0.2) is 0 Å². The van der Waals surface area contributed by atoms with Gasteiger partial charge in [0, 0.05) is 37.2 Å². The average Bonchev–Trinajstić information content (AvgIpc) is 2.86. The van der Waals surface area contributed by atoms with Crippen molar-refractivity contribution in [3.63, 3.8) is 0 Å². The first-order valence-corrected chi connectivity index (χ1v) is 7.39. The minimum absolute atomic E-state index is 0.0566. The Labute approximate surface area is 110 Å². The van der Waals surface area contributed by atoms with Gasteiger partial charge in [-0.1, -0.05) is 0 Å². The van der Waals surface area contributed by atoms with Crippen LogP contribution in [0.25, 0.3) is 0 Å². The minimum Gasteiger partial charge on any atom is -0.393 e. The number of rotatable bonds is 4. The van der Waals surface area contributed by atoms with Crippen molar-refractivity contribution in [2.24, 2.45) is 5.41 Å². The molecule has 0 aromatic heterocycles. The maximum Gasteiger partial charge on any atom is 0.0570 e. The molecule has 3 rings (SSSR count). The second-order valence-corrected chi connectivity index (χ2v) is 6.52. The Kier molecular flexibility index (Phi) is 3.63. The third kappa shape index (κ3) is 2.31. The number of hydrogen-bond donors (Lipinski definition) is 2. The van der Waals surface area contributed by atoms with Gasteiger partial charge in [-0.05, 0) is 39.2 Å². The molecule has 3 saturated heterocycles. The predicted molar refractivity (Wildman–Crippen MR) is 70.6 cm³/mol. The second-order valence-electron chi connectivity index (χ2n) is 6.52. The van der Waals surface area contributed by atoms with E-state index >= 15 is 0 Å². The molecule has 3 aliphatic heterocycles. The molecule has 3 fully saturated rings. The number of aliphatic hydroxyl groups excluding tert-OH is 1. The van der Waals surface area contributed by atoms with Gasteiger partial charge in [0.05, 0.1) is 12.7 Å². The average molecular weight is 254 g/mol. The molecule has 0 aromatic rings. The van der Waals surface area contributed by atoms with Crippen molar-refractivity contribution in [3.8, 4) is 0 Å². The molecule has 3 aliphatic rings. The van der Waals surface area contributed by atoms with Crippen LogP contribution in [0.5, 0.6) is 0 Å². The van der Waals surface area contributed by atoms with Crippen molar-refractivity contribution in [3.05, 3.63) is 0 Å². The Hall–Kier alpha value is -0.160. The van der Waals surface area contributed by atoms with Gasteiger partial charge >= 0.3 is 0 Å². The molecule has 3 heterocycles. The summed E-state index contributed by atoms with van der Waals surface area (Å²) in [5, 5.41) is 13.2. The lowest BCUT2D eigenvalue weighted by Gasteiger charge is -2.42. The van der Waals surface area contributed by atoms with E-state index in [1.165, 1.54) is 19.3 Å². The van der Waals surface area contributed by atoms with Gasteiger partial charge in [0.1, 0.15) is 0 Å². The minimum atomic E-state index is -0.0566. The summed E-state index contributed by atoms with van der Waals surface area (Å²) >= 11 is 0. The number of fused-ring (bicyclic) bond motifs is 2. The summed E-state index contributed by atoms with van der Waals surface area (Å²) in [6, 6.07) is 1.24. The molecule has 3 unspecified atom stereocenters. The first-order valence-electron chi connectivity index (χ1n) is 7.39. The van der Waals surface area contributed by atoms with Gasteiger partial charge in [0.2, 0.25) is 0 Å². The summed E-state index contributed by atoms with van der Waals surface area (Å²) in [7, 11) is 2.04. The zero-order valence-corrected chi connectivity index (χ0v) is 11.4. The zero-order chi connectivity index (χ0) is 12.6. The third-order valence-corrected chi connectivity index (χ3v) is 5.11. The predicted octanol–water partition coefficient (Wildman–Crippen LogP) is 0.600. The maximum atomic E-state index is 9.87. The largest absolute Gasteiger partial charge is 0.393 e. The molecule has 0 saturated carbocycles. The molecule has 18 heavy (non-hydrogen) atoms. The van der Waals surface area contributed by atoms with Crippen LogP contribution >= 0.6 is 0 Å². The Bertz CT molecular complexity index is 278. The van der Waals surface area contributed by atoms with Crippen molar-refractivity contribution in [1.82, 2.24) is 10.2 Å². The van der Waals surface area contributed by atoms with E-state index in [4.69, 9.17) is 4.74 Å². The van der Waals surface area contributed by atoms with E-state index in [1.54, 1.807) is 0 Å². The van der Waals surface area contributed by atoms with Crippen LogP contribution in [0.4, 0.5) is 0 Å². The molecule has 4 heteroatoms. The van der Waals surface area contributed by atoms with Crippen molar-refractivity contribution in [1.29, 1.82) is 0 Å². The first-order chi connectivity index (χ1) is 8.72. The Morgan fingerprint density at radius 1 is 1.33 bits per heavy atom. The second kappa shape index (κ2) is 5.08. The summed E-state index contributed by atoms with van der Waals surface area (Å²) in [4.78, 5) is 2.68. The van der Waals surface area contributed by atoms with Crippen molar-refractivity contribution in [2.75, 3.05) is 33.4 Å². The topological polar surface area (TPSA) is 44.7 Å². The van der Waals surface area contributed by atoms with Gasteiger partial charge in [-0.25, -0.2) is 0 Å². The molecule has 104 valence electrons. The molecular weight excluding hydrogens is 228 g/mol. The standard InChI is InChI=1S/C14H26N2O2/c1-15-8-14(4-5-18-10-14)9-16-11-2-3-12(16)7-13(17)6-11/h11-13,15,17H,2-10H2,1H3. The highest BCUT2D eigenvalue weighted by molar-refractivity contribution is 4.99. The SMILES string of the molecule is CNCC1(CN2C3CCC2CC(O)C3)CCOC1. The Morgan fingerprint density at radius 3 is 2.61 bits per heavy atom. The van der Waals surface area contributed by atoms with Crippen LogP contribution in [0.3, 0.4) is 0 Å². The van der Waals surface area contributed by atoms with E-state index in [1.807, 2.05) is 7.05 Å². The Morgan fingerprint density at radius 2 is 2.06 bits per heavy atom. The van der Waals surface area contributed by atoms with Gasteiger partial charge < -0.3 is 15.2 Å².